The molecule has 126 valence electrons. The van der Waals surface area contributed by atoms with Crippen molar-refractivity contribution in [2.24, 2.45) is 0 Å². The zero-order valence-electron chi connectivity index (χ0n) is 14.3. The summed E-state index contributed by atoms with van der Waals surface area (Å²) in [5, 5.41) is 5.69. The summed E-state index contributed by atoms with van der Waals surface area (Å²) in [6, 6.07) is 7.94. The second kappa shape index (κ2) is 7.99. The van der Waals surface area contributed by atoms with Gasteiger partial charge in [-0.05, 0) is 43.9 Å². The highest BCUT2D eigenvalue weighted by Gasteiger charge is 2.24. The standard InChI is InChI=1S/C18H27N3O2/c1-4-13(2)20-17(22)15-8-5-7-14(11-15)16-9-6-10-21(12-16)18(23)19-3/h5,7-8,11,13,16H,4,6,9-10,12H2,1-3H3,(H,19,23)(H,20,22)/t13-,16-/m0/s1. The lowest BCUT2D eigenvalue weighted by molar-refractivity contribution is 0.0939. The molecule has 0 aromatic heterocycles. The third-order valence-corrected chi connectivity index (χ3v) is 4.53. The number of urea groups is 1. The molecule has 0 unspecified atom stereocenters. The summed E-state index contributed by atoms with van der Waals surface area (Å²) in [7, 11) is 1.66. The van der Waals surface area contributed by atoms with Gasteiger partial charge >= 0.3 is 6.03 Å². The summed E-state index contributed by atoms with van der Waals surface area (Å²) >= 11 is 0. The second-order valence-electron chi connectivity index (χ2n) is 6.25. The molecule has 1 heterocycles. The Bertz CT molecular complexity index is 559. The fraction of sp³-hybridized carbons (Fsp3) is 0.556. The molecule has 2 atom stereocenters. The molecule has 0 spiro atoms. The maximum atomic E-state index is 12.3. The summed E-state index contributed by atoms with van der Waals surface area (Å²) in [5.41, 5.74) is 1.83. The average molecular weight is 317 g/mol. The van der Waals surface area contributed by atoms with E-state index in [1.54, 1.807) is 7.05 Å². The van der Waals surface area contributed by atoms with Crippen LogP contribution in [0.4, 0.5) is 4.79 Å². The van der Waals surface area contributed by atoms with Gasteiger partial charge in [0.25, 0.3) is 5.91 Å². The summed E-state index contributed by atoms with van der Waals surface area (Å²) in [6.45, 7) is 5.56. The van der Waals surface area contributed by atoms with Crippen molar-refractivity contribution in [2.45, 2.75) is 45.1 Å². The topological polar surface area (TPSA) is 61.4 Å². The molecule has 1 fully saturated rings. The van der Waals surface area contributed by atoms with Gasteiger partial charge in [0.1, 0.15) is 0 Å². The maximum absolute atomic E-state index is 12.3. The molecule has 3 amide bonds. The van der Waals surface area contributed by atoms with Crippen molar-refractivity contribution in [1.29, 1.82) is 0 Å². The molecule has 2 N–H and O–H groups in total. The zero-order chi connectivity index (χ0) is 16.8. The van der Waals surface area contributed by atoms with Crippen LogP contribution in [-0.4, -0.2) is 43.0 Å². The molecule has 1 aliphatic rings. The van der Waals surface area contributed by atoms with Gasteiger partial charge in [0.05, 0.1) is 0 Å². The van der Waals surface area contributed by atoms with Gasteiger partial charge in [-0.15, -0.1) is 0 Å². The predicted molar refractivity (Wildman–Crippen MR) is 91.7 cm³/mol. The lowest BCUT2D eigenvalue weighted by atomic mass is 9.89. The number of benzene rings is 1. The Morgan fingerprint density at radius 1 is 1.39 bits per heavy atom. The quantitative estimate of drug-likeness (QED) is 0.897. The van der Waals surface area contributed by atoms with E-state index < -0.39 is 0 Å². The van der Waals surface area contributed by atoms with Gasteiger partial charge in [0, 0.05) is 37.7 Å². The number of amides is 3. The van der Waals surface area contributed by atoms with E-state index in [0.29, 0.717) is 12.1 Å². The largest absolute Gasteiger partial charge is 0.350 e. The first kappa shape index (κ1) is 17.3. The highest BCUT2D eigenvalue weighted by atomic mass is 16.2. The fourth-order valence-corrected chi connectivity index (χ4v) is 2.93. The number of nitrogens with zero attached hydrogens (tertiary/aromatic N) is 1. The minimum atomic E-state index is -0.0276. The van der Waals surface area contributed by atoms with E-state index in [4.69, 9.17) is 0 Å². The smallest absolute Gasteiger partial charge is 0.317 e. The first-order chi connectivity index (χ1) is 11.0. The molecule has 5 nitrogen and oxygen atoms in total. The van der Waals surface area contributed by atoms with Gasteiger partial charge < -0.3 is 15.5 Å². The lowest BCUT2D eigenvalue weighted by Gasteiger charge is -2.32. The molecule has 23 heavy (non-hydrogen) atoms. The number of rotatable bonds is 4. The number of hydrogen-bond donors (Lipinski definition) is 2. The Morgan fingerprint density at radius 2 is 2.17 bits per heavy atom. The van der Waals surface area contributed by atoms with Crippen molar-refractivity contribution in [3.63, 3.8) is 0 Å². The van der Waals surface area contributed by atoms with E-state index in [-0.39, 0.29) is 23.9 Å². The first-order valence-electron chi connectivity index (χ1n) is 8.42. The molecular formula is C18H27N3O2. The van der Waals surface area contributed by atoms with Crippen molar-refractivity contribution in [2.75, 3.05) is 20.1 Å². The maximum Gasteiger partial charge on any atom is 0.317 e. The Labute approximate surface area is 138 Å². The molecule has 0 aliphatic carbocycles. The van der Waals surface area contributed by atoms with Crippen molar-refractivity contribution in [3.05, 3.63) is 35.4 Å². The highest BCUT2D eigenvalue weighted by molar-refractivity contribution is 5.94. The second-order valence-corrected chi connectivity index (χ2v) is 6.25. The van der Waals surface area contributed by atoms with Gasteiger partial charge in [-0.2, -0.15) is 0 Å². The van der Waals surface area contributed by atoms with E-state index in [9.17, 15) is 9.59 Å². The van der Waals surface area contributed by atoms with Crippen LogP contribution in [-0.2, 0) is 0 Å². The number of likely N-dealkylation sites (tertiary alicyclic amines) is 1. The van der Waals surface area contributed by atoms with Crippen LogP contribution in [0.3, 0.4) is 0 Å². The number of piperidine rings is 1. The molecule has 1 aromatic carbocycles. The van der Waals surface area contributed by atoms with Gasteiger partial charge in [0.15, 0.2) is 0 Å². The predicted octanol–water partition coefficient (Wildman–Crippen LogP) is 2.73. The Balaban J connectivity index is 2.09. The van der Waals surface area contributed by atoms with Gasteiger partial charge in [-0.1, -0.05) is 19.1 Å². The summed E-state index contributed by atoms with van der Waals surface area (Å²) in [6.07, 6.45) is 2.94. The molecule has 2 rings (SSSR count). The Morgan fingerprint density at radius 3 is 2.87 bits per heavy atom. The number of carbonyl (C=O) groups excluding carboxylic acids is 2. The Kier molecular flexibility index (Phi) is 6.02. The molecule has 5 heteroatoms. The van der Waals surface area contributed by atoms with Gasteiger partial charge in [-0.3, -0.25) is 4.79 Å². The van der Waals surface area contributed by atoms with Gasteiger partial charge in [0.2, 0.25) is 0 Å². The third-order valence-electron chi connectivity index (χ3n) is 4.53. The van der Waals surface area contributed by atoms with E-state index in [0.717, 1.165) is 31.4 Å². The monoisotopic (exact) mass is 317 g/mol. The molecule has 0 saturated carbocycles. The summed E-state index contributed by atoms with van der Waals surface area (Å²) in [5.74, 6) is 0.262. The van der Waals surface area contributed by atoms with Crippen LogP contribution in [0.2, 0.25) is 0 Å². The van der Waals surface area contributed by atoms with Crippen molar-refractivity contribution < 1.29 is 9.59 Å². The fourth-order valence-electron chi connectivity index (χ4n) is 2.93. The molecule has 0 radical (unpaired) electrons. The minimum Gasteiger partial charge on any atom is -0.350 e. The normalized spacial score (nSPS) is 19.1. The van der Waals surface area contributed by atoms with E-state index in [1.165, 1.54) is 0 Å². The van der Waals surface area contributed by atoms with Crippen LogP contribution in [0.25, 0.3) is 0 Å². The van der Waals surface area contributed by atoms with E-state index >= 15 is 0 Å². The van der Waals surface area contributed by atoms with Crippen LogP contribution in [0, 0.1) is 0 Å². The number of carbonyl (C=O) groups is 2. The molecule has 1 saturated heterocycles. The zero-order valence-corrected chi connectivity index (χ0v) is 14.3. The number of hydrogen-bond acceptors (Lipinski definition) is 2. The van der Waals surface area contributed by atoms with Crippen molar-refractivity contribution in [3.8, 4) is 0 Å². The summed E-state index contributed by atoms with van der Waals surface area (Å²) < 4.78 is 0. The van der Waals surface area contributed by atoms with Crippen LogP contribution >= 0.6 is 0 Å². The van der Waals surface area contributed by atoms with Crippen LogP contribution in [0.15, 0.2) is 24.3 Å². The number of nitrogens with one attached hydrogen (secondary N) is 2. The molecule has 1 aromatic rings. The van der Waals surface area contributed by atoms with Crippen LogP contribution in [0.1, 0.15) is 54.9 Å². The summed E-state index contributed by atoms with van der Waals surface area (Å²) in [4.78, 5) is 26.0. The SMILES string of the molecule is CC[C@H](C)NC(=O)c1cccc([C@H]2CCCN(C(=O)NC)C2)c1. The van der Waals surface area contributed by atoms with E-state index in [1.807, 2.05) is 30.0 Å². The van der Waals surface area contributed by atoms with Crippen LogP contribution in [0.5, 0.6) is 0 Å². The first-order valence-corrected chi connectivity index (χ1v) is 8.42. The van der Waals surface area contributed by atoms with Gasteiger partial charge in [-0.25, -0.2) is 4.79 Å². The van der Waals surface area contributed by atoms with E-state index in [2.05, 4.69) is 23.6 Å². The Hall–Kier alpha value is -2.04. The molecule has 1 aliphatic heterocycles. The van der Waals surface area contributed by atoms with Crippen molar-refractivity contribution in [1.82, 2.24) is 15.5 Å². The minimum absolute atomic E-state index is 0.0274. The van der Waals surface area contributed by atoms with Crippen LogP contribution < -0.4 is 10.6 Å². The molecule has 0 bridgehead atoms. The highest BCUT2D eigenvalue weighted by Crippen LogP contribution is 2.27. The third kappa shape index (κ3) is 4.47. The lowest BCUT2D eigenvalue weighted by Crippen LogP contribution is -2.43. The molecular weight excluding hydrogens is 290 g/mol. The average Bonchev–Trinajstić information content (AvgIpc) is 2.61. The van der Waals surface area contributed by atoms with Crippen molar-refractivity contribution >= 4 is 11.9 Å².